The first-order valence-electron chi connectivity index (χ1n) is 13.3. The highest BCUT2D eigenvalue weighted by Crippen LogP contribution is 2.33. The Bertz CT molecular complexity index is 1720. The third-order valence-corrected chi connectivity index (χ3v) is 7.02. The minimum atomic E-state index is -0.542. The molecule has 0 radical (unpaired) electrons. The fourth-order valence-electron chi connectivity index (χ4n) is 5.07. The number of carbonyl (C=O) groups excluding carboxylic acids is 2. The van der Waals surface area contributed by atoms with Crippen molar-refractivity contribution in [3.8, 4) is 11.3 Å². The highest BCUT2D eigenvalue weighted by molar-refractivity contribution is 6.14. The summed E-state index contributed by atoms with van der Waals surface area (Å²) < 4.78 is 9.15. The summed E-state index contributed by atoms with van der Waals surface area (Å²) in [5.41, 5.74) is 4.80. The fraction of sp³-hybridized carbons (Fsp3) is 0.250. The molecule has 0 bridgehead atoms. The van der Waals surface area contributed by atoms with Crippen LogP contribution >= 0.6 is 0 Å². The maximum absolute atomic E-state index is 13.4. The molecule has 7 heteroatoms. The number of unbranched alkanes of at least 4 members (excludes halogenated alkanes) is 1. The van der Waals surface area contributed by atoms with E-state index >= 15 is 0 Å². The summed E-state index contributed by atoms with van der Waals surface area (Å²) in [5.74, 6) is -0.816. The maximum atomic E-state index is 13.4. The van der Waals surface area contributed by atoms with Gasteiger partial charge in [-0.05, 0) is 30.2 Å². The van der Waals surface area contributed by atoms with Crippen LogP contribution in [0.3, 0.4) is 0 Å². The number of Topliss-reactive ketones (excluding diaryl/α,β-unsaturated/α-hetero) is 1. The fourth-order valence-corrected chi connectivity index (χ4v) is 5.07. The summed E-state index contributed by atoms with van der Waals surface area (Å²) >= 11 is 0. The normalized spacial score (nSPS) is 11.2. The predicted molar refractivity (Wildman–Crippen MR) is 153 cm³/mol. The standard InChI is InChI=1S/C32H31N3O4/c1-3-4-20-35-27-17-11-9-15-24(27)33-25(32(35)38)18-19-29(37)39-21-28(36)30-23-14-8-10-16-26(23)34(2)31(30)22-12-6-5-7-13-22/h5-17H,3-4,18-21H2,1-2H3. The molecule has 198 valence electrons. The van der Waals surface area contributed by atoms with Crippen molar-refractivity contribution in [2.24, 2.45) is 7.05 Å². The zero-order valence-corrected chi connectivity index (χ0v) is 22.2. The van der Waals surface area contributed by atoms with Crippen LogP contribution in [0.2, 0.25) is 0 Å². The van der Waals surface area contributed by atoms with E-state index in [1.807, 2.05) is 90.5 Å². The molecule has 0 fully saturated rings. The molecule has 0 saturated carbocycles. The van der Waals surface area contributed by atoms with Gasteiger partial charge in [0.1, 0.15) is 5.69 Å². The molecule has 39 heavy (non-hydrogen) atoms. The number of esters is 1. The number of ketones is 1. The number of hydrogen-bond acceptors (Lipinski definition) is 5. The van der Waals surface area contributed by atoms with E-state index in [1.54, 1.807) is 4.57 Å². The average Bonchev–Trinajstić information content (AvgIpc) is 3.27. The Morgan fingerprint density at radius 1 is 0.897 bits per heavy atom. The lowest BCUT2D eigenvalue weighted by atomic mass is 10.0. The Hall–Kier alpha value is -4.52. The van der Waals surface area contributed by atoms with E-state index in [-0.39, 0.29) is 30.8 Å². The molecule has 0 unspecified atom stereocenters. The first-order valence-corrected chi connectivity index (χ1v) is 13.3. The molecule has 0 aliphatic rings. The van der Waals surface area contributed by atoms with Crippen LogP contribution in [0.5, 0.6) is 0 Å². The minimum absolute atomic E-state index is 0.0390. The number of rotatable bonds is 10. The van der Waals surface area contributed by atoms with Crippen molar-refractivity contribution in [3.63, 3.8) is 0 Å². The maximum Gasteiger partial charge on any atom is 0.306 e. The first kappa shape index (κ1) is 26.1. The van der Waals surface area contributed by atoms with Crippen LogP contribution in [0.4, 0.5) is 0 Å². The molecule has 0 aliphatic heterocycles. The van der Waals surface area contributed by atoms with Gasteiger partial charge in [-0.1, -0.05) is 74.0 Å². The lowest BCUT2D eigenvalue weighted by Crippen LogP contribution is -2.26. The van der Waals surface area contributed by atoms with Crippen molar-refractivity contribution in [1.82, 2.24) is 14.1 Å². The molecule has 0 aliphatic carbocycles. The average molecular weight is 522 g/mol. The Balaban J connectivity index is 1.33. The van der Waals surface area contributed by atoms with Crippen LogP contribution in [0, 0.1) is 0 Å². The molecule has 0 amide bonds. The number of benzene rings is 3. The number of aryl methyl sites for hydroxylation is 3. The molecule has 0 N–H and O–H groups in total. The van der Waals surface area contributed by atoms with Crippen molar-refractivity contribution in [2.75, 3.05) is 6.61 Å². The predicted octanol–water partition coefficient (Wildman–Crippen LogP) is 5.71. The molecule has 0 spiro atoms. The van der Waals surface area contributed by atoms with E-state index in [9.17, 15) is 14.4 Å². The van der Waals surface area contributed by atoms with Crippen LogP contribution in [0.15, 0.2) is 83.7 Å². The van der Waals surface area contributed by atoms with Crippen LogP contribution in [-0.4, -0.2) is 32.5 Å². The van der Waals surface area contributed by atoms with Gasteiger partial charge in [0.2, 0.25) is 5.78 Å². The number of aromatic nitrogens is 3. The number of para-hydroxylation sites is 3. The molecular weight excluding hydrogens is 490 g/mol. The van der Waals surface area contributed by atoms with E-state index < -0.39 is 5.97 Å². The van der Waals surface area contributed by atoms with Gasteiger partial charge in [0.05, 0.1) is 28.7 Å². The molecule has 5 aromatic rings. The van der Waals surface area contributed by atoms with Crippen molar-refractivity contribution >= 4 is 33.7 Å². The SMILES string of the molecule is CCCCn1c(=O)c(CCC(=O)OCC(=O)c2c(-c3ccccc3)n(C)c3ccccc23)nc2ccccc21. The summed E-state index contributed by atoms with van der Waals surface area (Å²) in [6, 6.07) is 24.9. The van der Waals surface area contributed by atoms with Crippen LogP contribution in [-0.2, 0) is 29.5 Å². The second-order valence-electron chi connectivity index (χ2n) is 9.61. The second-order valence-corrected chi connectivity index (χ2v) is 9.61. The van der Waals surface area contributed by atoms with E-state index in [0.29, 0.717) is 17.8 Å². The molecule has 0 atom stereocenters. The quantitative estimate of drug-likeness (QED) is 0.174. The Labute approximate surface area is 226 Å². The van der Waals surface area contributed by atoms with Gasteiger partial charge in [0.25, 0.3) is 5.56 Å². The van der Waals surface area contributed by atoms with Crippen LogP contribution in [0.1, 0.15) is 42.2 Å². The molecule has 3 aromatic carbocycles. The molecule has 2 heterocycles. The first-order chi connectivity index (χ1) is 19.0. The zero-order chi connectivity index (χ0) is 27.4. The largest absolute Gasteiger partial charge is 0.457 e. The van der Waals surface area contributed by atoms with Gasteiger partial charge < -0.3 is 13.9 Å². The van der Waals surface area contributed by atoms with Gasteiger partial charge in [-0.15, -0.1) is 0 Å². The Morgan fingerprint density at radius 3 is 2.36 bits per heavy atom. The number of hydrogen-bond donors (Lipinski definition) is 0. The summed E-state index contributed by atoms with van der Waals surface area (Å²) in [4.78, 5) is 43.8. The minimum Gasteiger partial charge on any atom is -0.457 e. The van der Waals surface area contributed by atoms with E-state index in [0.717, 1.165) is 46.0 Å². The summed E-state index contributed by atoms with van der Waals surface area (Å²) in [7, 11) is 1.93. The number of ether oxygens (including phenoxy) is 1. The van der Waals surface area contributed by atoms with Crippen molar-refractivity contribution < 1.29 is 14.3 Å². The number of carbonyl (C=O) groups is 2. The van der Waals surface area contributed by atoms with Crippen molar-refractivity contribution in [3.05, 3.63) is 100 Å². The zero-order valence-electron chi connectivity index (χ0n) is 22.2. The lowest BCUT2D eigenvalue weighted by Gasteiger charge is -2.12. The van der Waals surface area contributed by atoms with Crippen LogP contribution in [0.25, 0.3) is 33.2 Å². The Kier molecular flexibility index (Phi) is 7.68. The van der Waals surface area contributed by atoms with Crippen molar-refractivity contribution in [2.45, 2.75) is 39.2 Å². The van der Waals surface area contributed by atoms with E-state index in [4.69, 9.17) is 4.74 Å². The topological polar surface area (TPSA) is 83.2 Å². The molecular formula is C32H31N3O4. The molecule has 7 nitrogen and oxygen atoms in total. The van der Waals surface area contributed by atoms with Crippen LogP contribution < -0.4 is 5.56 Å². The molecule has 5 rings (SSSR count). The van der Waals surface area contributed by atoms with E-state index in [2.05, 4.69) is 11.9 Å². The third-order valence-electron chi connectivity index (χ3n) is 7.02. The second kappa shape index (κ2) is 11.5. The Morgan fingerprint density at radius 2 is 1.59 bits per heavy atom. The van der Waals surface area contributed by atoms with Gasteiger partial charge in [-0.2, -0.15) is 0 Å². The van der Waals surface area contributed by atoms with Gasteiger partial charge in [0.15, 0.2) is 6.61 Å². The summed E-state index contributed by atoms with van der Waals surface area (Å²) in [6.45, 7) is 2.30. The van der Waals surface area contributed by atoms with Gasteiger partial charge in [-0.3, -0.25) is 14.4 Å². The van der Waals surface area contributed by atoms with Crippen molar-refractivity contribution in [1.29, 1.82) is 0 Å². The van der Waals surface area contributed by atoms with Gasteiger partial charge in [-0.25, -0.2) is 4.98 Å². The molecule has 2 aromatic heterocycles. The highest BCUT2D eigenvalue weighted by atomic mass is 16.5. The lowest BCUT2D eigenvalue weighted by molar-refractivity contribution is -0.142. The summed E-state index contributed by atoms with van der Waals surface area (Å²) in [5, 5.41) is 0.813. The monoisotopic (exact) mass is 521 g/mol. The number of nitrogens with zero attached hydrogens (tertiary/aromatic N) is 3. The van der Waals surface area contributed by atoms with E-state index in [1.165, 1.54) is 0 Å². The van der Waals surface area contributed by atoms with Gasteiger partial charge >= 0.3 is 5.97 Å². The highest BCUT2D eigenvalue weighted by Gasteiger charge is 2.23. The third kappa shape index (κ3) is 5.25. The molecule has 0 saturated heterocycles. The van der Waals surface area contributed by atoms with Gasteiger partial charge in [0, 0.05) is 30.9 Å². The number of fused-ring (bicyclic) bond motifs is 2. The smallest absolute Gasteiger partial charge is 0.306 e. The summed E-state index contributed by atoms with van der Waals surface area (Å²) in [6.07, 6.45) is 1.94.